The van der Waals surface area contributed by atoms with Gasteiger partial charge in [-0.25, -0.2) is 0 Å². The summed E-state index contributed by atoms with van der Waals surface area (Å²) in [5.74, 6) is 0. The van der Waals surface area contributed by atoms with Gasteiger partial charge in [0.2, 0.25) is 0 Å². The molecule has 0 aromatic carbocycles. The Morgan fingerprint density at radius 3 is 1.26 bits per heavy atom. The first-order valence-electron chi connectivity index (χ1n) is 7.94. The normalized spacial score (nSPS) is 24.5. The Bertz CT molecular complexity index is 142. The lowest BCUT2D eigenvalue weighted by molar-refractivity contribution is 0.0967. The number of piperazine rings is 1. The van der Waals surface area contributed by atoms with E-state index in [0.29, 0.717) is 0 Å². The molecular weight excluding hydrogens is 240 g/mol. The summed E-state index contributed by atoms with van der Waals surface area (Å²) in [6, 6.07) is 0. The molecule has 4 heteroatoms. The molecule has 3 saturated heterocycles. The molecule has 0 bridgehead atoms. The van der Waals surface area contributed by atoms with Crippen LogP contribution in [0.5, 0.6) is 0 Å². The van der Waals surface area contributed by atoms with Crippen LogP contribution in [0.15, 0.2) is 0 Å². The fourth-order valence-corrected chi connectivity index (χ4v) is 2.15. The van der Waals surface area contributed by atoms with Gasteiger partial charge in [0.25, 0.3) is 0 Å². The van der Waals surface area contributed by atoms with Gasteiger partial charge in [-0.15, -0.1) is 0 Å². The Morgan fingerprint density at radius 2 is 1.11 bits per heavy atom. The van der Waals surface area contributed by atoms with Crippen molar-refractivity contribution >= 4 is 0 Å². The van der Waals surface area contributed by atoms with Crippen LogP contribution in [0.2, 0.25) is 0 Å². The topological polar surface area (TPSA) is 33.7 Å². The molecule has 0 unspecified atom stereocenters. The predicted octanol–water partition coefficient (Wildman–Crippen LogP) is 1.90. The highest BCUT2D eigenvalue weighted by Gasteiger charge is 2.01. The Labute approximate surface area is 118 Å². The van der Waals surface area contributed by atoms with E-state index in [1.54, 1.807) is 0 Å². The van der Waals surface area contributed by atoms with Gasteiger partial charge >= 0.3 is 0 Å². The van der Waals surface area contributed by atoms with Crippen LogP contribution in [0.25, 0.3) is 0 Å². The third-order valence-electron chi connectivity index (χ3n) is 3.50. The van der Waals surface area contributed by atoms with E-state index in [1.807, 2.05) is 0 Å². The van der Waals surface area contributed by atoms with Gasteiger partial charge in [-0.1, -0.05) is 0 Å². The summed E-state index contributed by atoms with van der Waals surface area (Å²) in [4.78, 5) is 2.33. The van der Waals surface area contributed by atoms with Gasteiger partial charge in [0.1, 0.15) is 0 Å². The smallest absolute Gasteiger partial charge is 0.0466 e. The first-order chi connectivity index (χ1) is 9.39. The Balaban J connectivity index is 0.000000143. The first-order valence-corrected chi connectivity index (χ1v) is 7.94. The van der Waals surface area contributed by atoms with Crippen LogP contribution >= 0.6 is 0 Å². The molecule has 0 aromatic rings. The highest BCUT2D eigenvalue weighted by Crippen LogP contribution is 2.02. The fraction of sp³-hybridized carbons (Fsp3) is 1.00. The lowest BCUT2D eigenvalue weighted by atomic mass is 10.2. The van der Waals surface area contributed by atoms with Crippen molar-refractivity contribution in [1.82, 2.24) is 10.2 Å². The van der Waals surface area contributed by atoms with Gasteiger partial charge in [0.15, 0.2) is 0 Å². The number of hydrogen-bond acceptors (Lipinski definition) is 4. The van der Waals surface area contributed by atoms with Crippen LogP contribution in [-0.2, 0) is 9.47 Å². The van der Waals surface area contributed by atoms with E-state index in [2.05, 4.69) is 17.3 Å². The van der Waals surface area contributed by atoms with Gasteiger partial charge in [-0.3, -0.25) is 0 Å². The third kappa shape index (κ3) is 11.4. The highest BCUT2D eigenvalue weighted by atomic mass is 16.5. The van der Waals surface area contributed by atoms with Crippen molar-refractivity contribution in [2.75, 3.05) is 59.7 Å². The molecule has 0 aromatic heterocycles. The zero-order valence-electron chi connectivity index (χ0n) is 12.7. The Morgan fingerprint density at radius 1 is 0.684 bits per heavy atom. The zero-order valence-corrected chi connectivity index (χ0v) is 12.7. The summed E-state index contributed by atoms with van der Waals surface area (Å²) in [6.45, 7) is 8.74. The highest BCUT2D eigenvalue weighted by molar-refractivity contribution is 4.62. The van der Waals surface area contributed by atoms with Crippen LogP contribution in [0, 0.1) is 0 Å². The van der Waals surface area contributed by atoms with Crippen molar-refractivity contribution in [3.63, 3.8) is 0 Å². The number of hydrogen-bond donors (Lipinski definition) is 1. The van der Waals surface area contributed by atoms with Gasteiger partial charge in [-0.05, 0) is 45.6 Å². The molecule has 3 heterocycles. The molecule has 19 heavy (non-hydrogen) atoms. The van der Waals surface area contributed by atoms with E-state index < -0.39 is 0 Å². The van der Waals surface area contributed by atoms with Gasteiger partial charge in [0, 0.05) is 52.6 Å². The monoisotopic (exact) mass is 272 g/mol. The summed E-state index contributed by atoms with van der Waals surface area (Å²) in [6.07, 6.45) is 7.86. The zero-order chi connectivity index (χ0) is 13.6. The molecule has 1 N–H and O–H groups in total. The Hall–Kier alpha value is -0.160. The summed E-state index contributed by atoms with van der Waals surface area (Å²) in [7, 11) is 2.15. The van der Waals surface area contributed by atoms with Crippen molar-refractivity contribution in [3.8, 4) is 0 Å². The molecule has 3 aliphatic rings. The van der Waals surface area contributed by atoms with Gasteiger partial charge < -0.3 is 19.7 Å². The molecule has 0 amide bonds. The molecule has 0 spiro atoms. The summed E-state index contributed by atoms with van der Waals surface area (Å²) in [5, 5.41) is 3.27. The van der Waals surface area contributed by atoms with Crippen LogP contribution < -0.4 is 5.32 Å². The second-order valence-electron chi connectivity index (χ2n) is 5.40. The van der Waals surface area contributed by atoms with Gasteiger partial charge in [-0.2, -0.15) is 0 Å². The number of ether oxygens (including phenoxy) is 2. The minimum absolute atomic E-state index is 1.00. The third-order valence-corrected chi connectivity index (χ3v) is 3.50. The van der Waals surface area contributed by atoms with Crippen LogP contribution in [0.4, 0.5) is 0 Å². The number of rotatable bonds is 0. The van der Waals surface area contributed by atoms with E-state index in [0.717, 1.165) is 39.5 Å². The molecule has 3 aliphatic heterocycles. The quantitative estimate of drug-likeness (QED) is 0.730. The van der Waals surface area contributed by atoms with Crippen molar-refractivity contribution in [2.45, 2.75) is 38.5 Å². The van der Waals surface area contributed by atoms with E-state index in [-0.39, 0.29) is 0 Å². The van der Waals surface area contributed by atoms with E-state index >= 15 is 0 Å². The second kappa shape index (κ2) is 12.9. The average Bonchev–Trinajstić information content (AvgIpc) is 2.53. The standard InChI is InChI=1S/C5H12N2.2C5H10O/c1-7-4-2-6-3-5-7;2*1-2-4-6-5-3-1/h6H,2-5H2,1H3;2*1-5H2. The number of nitrogens with zero attached hydrogens (tertiary/aromatic N) is 1. The van der Waals surface area contributed by atoms with E-state index in [9.17, 15) is 0 Å². The van der Waals surface area contributed by atoms with Crippen LogP contribution in [0.1, 0.15) is 38.5 Å². The van der Waals surface area contributed by atoms with E-state index in [1.165, 1.54) is 51.6 Å². The molecule has 4 nitrogen and oxygen atoms in total. The SMILES string of the molecule is C1CCOCC1.C1CCOCC1.CN1CCNCC1. The Kier molecular flexibility index (Phi) is 11.4. The maximum atomic E-state index is 5.07. The summed E-state index contributed by atoms with van der Waals surface area (Å²) >= 11 is 0. The van der Waals surface area contributed by atoms with E-state index in [4.69, 9.17) is 9.47 Å². The predicted molar refractivity (Wildman–Crippen MR) is 79.7 cm³/mol. The molecular formula is C15H32N2O2. The minimum Gasteiger partial charge on any atom is -0.381 e. The molecule has 3 fully saturated rings. The molecule has 0 aliphatic carbocycles. The molecule has 3 rings (SSSR count). The molecule has 0 saturated carbocycles. The van der Waals surface area contributed by atoms with Crippen LogP contribution in [-0.4, -0.2) is 64.6 Å². The molecule has 114 valence electrons. The summed E-state index contributed by atoms with van der Waals surface area (Å²) < 4.78 is 10.1. The maximum Gasteiger partial charge on any atom is 0.0466 e. The van der Waals surface area contributed by atoms with Crippen molar-refractivity contribution in [2.24, 2.45) is 0 Å². The molecule has 0 radical (unpaired) electrons. The average molecular weight is 272 g/mol. The lowest BCUT2D eigenvalue weighted by Crippen LogP contribution is -2.40. The second-order valence-corrected chi connectivity index (χ2v) is 5.40. The lowest BCUT2D eigenvalue weighted by Gasteiger charge is -2.21. The largest absolute Gasteiger partial charge is 0.381 e. The number of likely N-dealkylation sites (N-methyl/N-ethyl adjacent to an activating group) is 1. The van der Waals surface area contributed by atoms with Crippen molar-refractivity contribution in [3.05, 3.63) is 0 Å². The van der Waals surface area contributed by atoms with Gasteiger partial charge in [0.05, 0.1) is 0 Å². The minimum atomic E-state index is 1.00. The summed E-state index contributed by atoms with van der Waals surface area (Å²) in [5.41, 5.74) is 0. The fourth-order valence-electron chi connectivity index (χ4n) is 2.15. The van der Waals surface area contributed by atoms with Crippen molar-refractivity contribution in [1.29, 1.82) is 0 Å². The maximum absolute atomic E-state index is 5.07. The molecule has 0 atom stereocenters. The number of nitrogens with one attached hydrogen (secondary N) is 1. The van der Waals surface area contributed by atoms with Crippen LogP contribution in [0.3, 0.4) is 0 Å². The first kappa shape index (κ1) is 16.9. The van der Waals surface area contributed by atoms with Crippen molar-refractivity contribution < 1.29 is 9.47 Å².